The molecule has 152 valence electrons. The molecule has 5 nitrogen and oxygen atoms in total. The summed E-state index contributed by atoms with van der Waals surface area (Å²) in [6.07, 6.45) is 1.66. The third kappa shape index (κ3) is 4.91. The quantitative estimate of drug-likeness (QED) is 0.416. The summed E-state index contributed by atoms with van der Waals surface area (Å²) in [5.74, 6) is 0.704. The van der Waals surface area contributed by atoms with Crippen molar-refractivity contribution in [2.45, 2.75) is 13.5 Å². The maximum absolute atomic E-state index is 12.3. The van der Waals surface area contributed by atoms with Crippen LogP contribution in [0.1, 0.15) is 18.1 Å². The first-order valence-electron chi connectivity index (χ1n) is 8.53. The van der Waals surface area contributed by atoms with Gasteiger partial charge in [-0.05, 0) is 76.1 Å². The van der Waals surface area contributed by atoms with Gasteiger partial charge in [-0.1, -0.05) is 29.3 Å². The Hall–Kier alpha value is -1.67. The second-order valence-electron chi connectivity index (χ2n) is 6.00. The normalized spacial score (nSPS) is 15.3. The van der Waals surface area contributed by atoms with Gasteiger partial charge in [0.15, 0.2) is 11.5 Å². The van der Waals surface area contributed by atoms with E-state index in [1.807, 2.05) is 6.07 Å². The molecule has 2 aromatic carbocycles. The number of amides is 2. The van der Waals surface area contributed by atoms with Gasteiger partial charge in [0.1, 0.15) is 6.61 Å². The zero-order valence-corrected chi connectivity index (χ0v) is 19.4. The Bertz CT molecular complexity index is 1010. The van der Waals surface area contributed by atoms with E-state index in [0.717, 1.165) is 17.3 Å². The molecule has 0 aliphatic carbocycles. The van der Waals surface area contributed by atoms with Crippen molar-refractivity contribution in [3.63, 3.8) is 0 Å². The van der Waals surface area contributed by atoms with E-state index < -0.39 is 0 Å². The minimum atomic E-state index is -0.294. The van der Waals surface area contributed by atoms with E-state index in [1.165, 1.54) is 12.0 Å². The minimum absolute atomic E-state index is 0.264. The van der Waals surface area contributed by atoms with Crippen molar-refractivity contribution < 1.29 is 19.1 Å². The molecule has 3 rings (SSSR count). The Morgan fingerprint density at radius 3 is 2.55 bits per heavy atom. The van der Waals surface area contributed by atoms with E-state index in [-0.39, 0.29) is 17.8 Å². The summed E-state index contributed by atoms with van der Waals surface area (Å²) in [7, 11) is 1.53. The van der Waals surface area contributed by atoms with Crippen molar-refractivity contribution in [1.82, 2.24) is 4.90 Å². The van der Waals surface area contributed by atoms with Crippen LogP contribution in [-0.4, -0.2) is 29.7 Å². The highest BCUT2D eigenvalue weighted by Gasteiger charge is 2.33. The number of hydrogen-bond acceptors (Lipinski definition) is 5. The molecule has 0 N–H and O–H groups in total. The highest BCUT2D eigenvalue weighted by Crippen LogP contribution is 2.39. The Kier molecular flexibility index (Phi) is 7.16. The van der Waals surface area contributed by atoms with Crippen LogP contribution in [0.25, 0.3) is 6.08 Å². The summed E-state index contributed by atoms with van der Waals surface area (Å²) < 4.78 is 12.0. The summed E-state index contributed by atoms with van der Waals surface area (Å²) in [5.41, 5.74) is 1.56. The minimum Gasteiger partial charge on any atom is -0.493 e. The lowest BCUT2D eigenvalue weighted by atomic mass is 10.1. The average molecular weight is 517 g/mol. The fourth-order valence-corrected chi connectivity index (χ4v) is 4.47. The number of thioether (sulfide) groups is 1. The summed E-state index contributed by atoms with van der Waals surface area (Å²) in [4.78, 5) is 25.8. The lowest BCUT2D eigenvalue weighted by Gasteiger charge is -2.14. The van der Waals surface area contributed by atoms with Crippen LogP contribution in [0.15, 0.2) is 39.7 Å². The Morgan fingerprint density at radius 1 is 1.17 bits per heavy atom. The molecule has 1 aliphatic rings. The highest BCUT2D eigenvalue weighted by atomic mass is 79.9. The van der Waals surface area contributed by atoms with Gasteiger partial charge in [-0.3, -0.25) is 14.5 Å². The number of halogens is 3. The number of rotatable bonds is 6. The lowest BCUT2D eigenvalue weighted by Crippen LogP contribution is -2.27. The van der Waals surface area contributed by atoms with Gasteiger partial charge in [-0.2, -0.15) is 0 Å². The van der Waals surface area contributed by atoms with Crippen molar-refractivity contribution >= 4 is 68.1 Å². The topological polar surface area (TPSA) is 55.8 Å². The number of carbonyl (C=O) groups is 2. The second-order valence-corrected chi connectivity index (χ2v) is 8.66. The van der Waals surface area contributed by atoms with Crippen LogP contribution in [0.2, 0.25) is 10.0 Å². The SMILES string of the molecule is CCN1C(=O)S/C(=C/c2cc(Br)c(OCc3ccc(Cl)c(Cl)c3)c(OC)c2)C1=O. The third-order valence-electron chi connectivity index (χ3n) is 4.11. The average Bonchev–Trinajstić information content (AvgIpc) is 2.95. The molecule has 2 aromatic rings. The number of benzene rings is 2. The molecule has 0 radical (unpaired) electrons. The Morgan fingerprint density at radius 2 is 1.93 bits per heavy atom. The molecule has 0 spiro atoms. The first-order chi connectivity index (χ1) is 13.8. The first kappa shape index (κ1) is 22.0. The Labute approximate surface area is 191 Å². The molecule has 1 aliphatic heterocycles. The molecule has 0 unspecified atom stereocenters. The Balaban J connectivity index is 1.84. The number of methoxy groups -OCH3 is 1. The number of ether oxygens (including phenoxy) is 2. The molecular weight excluding hydrogens is 501 g/mol. The van der Waals surface area contributed by atoms with Gasteiger partial charge in [0.05, 0.1) is 26.5 Å². The van der Waals surface area contributed by atoms with Crippen LogP contribution >= 0.6 is 50.9 Å². The van der Waals surface area contributed by atoms with E-state index in [2.05, 4.69) is 15.9 Å². The van der Waals surface area contributed by atoms with Crippen LogP contribution < -0.4 is 9.47 Å². The standard InChI is InChI=1S/C20H16BrCl2NO4S/c1-3-24-19(25)17(29-20(24)26)9-12-6-13(21)18(16(8-12)27-2)28-10-11-4-5-14(22)15(23)7-11/h4-9H,3,10H2,1-2H3/b17-9+. The van der Waals surface area contributed by atoms with Gasteiger partial charge in [0.2, 0.25) is 0 Å². The van der Waals surface area contributed by atoms with Crippen LogP contribution in [0, 0.1) is 0 Å². The summed E-state index contributed by atoms with van der Waals surface area (Å²) >= 11 is 16.4. The highest BCUT2D eigenvalue weighted by molar-refractivity contribution is 9.10. The van der Waals surface area contributed by atoms with Gasteiger partial charge in [0, 0.05) is 6.54 Å². The fraction of sp³-hybridized carbons (Fsp3) is 0.200. The fourth-order valence-electron chi connectivity index (χ4n) is 2.67. The molecule has 29 heavy (non-hydrogen) atoms. The number of likely N-dealkylation sites (N-methyl/N-ethyl adjacent to an activating group) is 1. The molecule has 9 heteroatoms. The lowest BCUT2D eigenvalue weighted by molar-refractivity contribution is -0.122. The maximum atomic E-state index is 12.3. The van der Waals surface area contributed by atoms with E-state index in [9.17, 15) is 9.59 Å². The maximum Gasteiger partial charge on any atom is 0.293 e. The smallest absolute Gasteiger partial charge is 0.293 e. The monoisotopic (exact) mass is 515 g/mol. The largest absolute Gasteiger partial charge is 0.493 e. The summed E-state index contributed by atoms with van der Waals surface area (Å²) in [6.45, 7) is 2.37. The summed E-state index contributed by atoms with van der Waals surface area (Å²) in [6, 6.07) is 8.82. The predicted molar refractivity (Wildman–Crippen MR) is 120 cm³/mol. The first-order valence-corrected chi connectivity index (χ1v) is 10.9. The molecule has 0 bridgehead atoms. The number of nitrogens with zero attached hydrogens (tertiary/aromatic N) is 1. The van der Waals surface area contributed by atoms with Crippen molar-refractivity contribution in [1.29, 1.82) is 0 Å². The van der Waals surface area contributed by atoms with Crippen LogP contribution in [0.3, 0.4) is 0 Å². The van der Waals surface area contributed by atoms with Gasteiger partial charge >= 0.3 is 0 Å². The van der Waals surface area contributed by atoms with E-state index in [0.29, 0.717) is 43.0 Å². The van der Waals surface area contributed by atoms with Crippen molar-refractivity contribution in [2.24, 2.45) is 0 Å². The molecule has 0 aromatic heterocycles. The van der Waals surface area contributed by atoms with Gasteiger partial charge < -0.3 is 9.47 Å². The molecule has 0 saturated carbocycles. The van der Waals surface area contributed by atoms with E-state index >= 15 is 0 Å². The van der Waals surface area contributed by atoms with Crippen LogP contribution in [0.5, 0.6) is 11.5 Å². The van der Waals surface area contributed by atoms with Gasteiger partial charge in [0.25, 0.3) is 11.1 Å². The zero-order chi connectivity index (χ0) is 21.1. The number of imide groups is 1. The zero-order valence-electron chi connectivity index (χ0n) is 15.5. The molecule has 1 fully saturated rings. The van der Waals surface area contributed by atoms with Gasteiger partial charge in [-0.25, -0.2) is 0 Å². The van der Waals surface area contributed by atoms with E-state index in [1.54, 1.807) is 37.3 Å². The second kappa shape index (κ2) is 9.43. The number of carbonyl (C=O) groups excluding carboxylic acids is 2. The van der Waals surface area contributed by atoms with Gasteiger partial charge in [-0.15, -0.1) is 0 Å². The summed E-state index contributed by atoms with van der Waals surface area (Å²) in [5, 5.41) is 0.664. The molecule has 2 amide bonds. The van der Waals surface area contributed by atoms with Crippen molar-refractivity contribution in [2.75, 3.05) is 13.7 Å². The molecular formula is C20H16BrCl2NO4S. The molecule has 1 saturated heterocycles. The predicted octanol–water partition coefficient (Wildman–Crippen LogP) is 6.40. The van der Waals surface area contributed by atoms with Crippen LogP contribution in [0.4, 0.5) is 4.79 Å². The van der Waals surface area contributed by atoms with Crippen molar-refractivity contribution in [3.05, 3.63) is 60.9 Å². The number of hydrogen-bond donors (Lipinski definition) is 0. The van der Waals surface area contributed by atoms with Crippen LogP contribution in [-0.2, 0) is 11.4 Å². The van der Waals surface area contributed by atoms with E-state index in [4.69, 9.17) is 32.7 Å². The molecule has 1 heterocycles. The molecule has 0 atom stereocenters. The third-order valence-corrected chi connectivity index (χ3v) is 6.34. The van der Waals surface area contributed by atoms with Crippen molar-refractivity contribution in [3.8, 4) is 11.5 Å².